The van der Waals surface area contributed by atoms with Gasteiger partial charge in [0.25, 0.3) is 5.69 Å². The number of nitro benzene ring substituents is 1. The summed E-state index contributed by atoms with van der Waals surface area (Å²) >= 11 is 0. The molecular formula is C13H10N2O3. The zero-order valence-electron chi connectivity index (χ0n) is 9.39. The van der Waals surface area contributed by atoms with E-state index in [-0.39, 0.29) is 11.9 Å². The molecule has 5 nitrogen and oxygen atoms in total. The van der Waals surface area contributed by atoms with Gasteiger partial charge in [-0.25, -0.2) is 9.90 Å². The lowest BCUT2D eigenvalue weighted by Gasteiger charge is -2.00. The summed E-state index contributed by atoms with van der Waals surface area (Å²) in [6.45, 7) is 0. The van der Waals surface area contributed by atoms with E-state index in [0.29, 0.717) is 5.69 Å². The number of anilines is 1. The fourth-order valence-electron chi connectivity index (χ4n) is 1.83. The van der Waals surface area contributed by atoms with E-state index in [2.05, 4.69) is 0 Å². The van der Waals surface area contributed by atoms with E-state index in [4.69, 9.17) is 4.84 Å². The molecule has 0 aliphatic carbocycles. The summed E-state index contributed by atoms with van der Waals surface area (Å²) in [6.07, 6.45) is -0.145. The molecule has 1 unspecified atom stereocenters. The van der Waals surface area contributed by atoms with Gasteiger partial charge in [0, 0.05) is 17.7 Å². The van der Waals surface area contributed by atoms with Gasteiger partial charge in [-0.05, 0) is 6.07 Å². The Morgan fingerprint density at radius 3 is 2.61 bits per heavy atom. The largest absolute Gasteiger partial charge is 0.271 e. The molecule has 2 aromatic rings. The van der Waals surface area contributed by atoms with Crippen molar-refractivity contribution in [3.05, 3.63) is 70.3 Å². The topological polar surface area (TPSA) is 58.7 Å². The first-order valence-corrected chi connectivity index (χ1v) is 5.51. The molecule has 0 radical (unpaired) electrons. The minimum absolute atomic E-state index is 0.0646. The first kappa shape index (κ1) is 10.7. The van der Waals surface area contributed by atoms with Crippen LogP contribution in [0.25, 0.3) is 0 Å². The van der Waals surface area contributed by atoms with Crippen molar-refractivity contribution in [2.24, 2.45) is 0 Å². The van der Waals surface area contributed by atoms with Crippen molar-refractivity contribution in [2.45, 2.75) is 6.23 Å². The van der Waals surface area contributed by atoms with Crippen LogP contribution in [0.2, 0.25) is 0 Å². The van der Waals surface area contributed by atoms with E-state index in [9.17, 15) is 10.1 Å². The van der Waals surface area contributed by atoms with Gasteiger partial charge in [-0.2, -0.15) is 0 Å². The highest BCUT2D eigenvalue weighted by molar-refractivity contribution is 5.55. The molecule has 18 heavy (non-hydrogen) atoms. The molecule has 5 heteroatoms. The van der Waals surface area contributed by atoms with Crippen molar-refractivity contribution < 1.29 is 9.76 Å². The molecule has 1 fully saturated rings. The predicted octanol–water partition coefficient (Wildman–Crippen LogP) is 3.05. The van der Waals surface area contributed by atoms with E-state index >= 15 is 0 Å². The predicted molar refractivity (Wildman–Crippen MR) is 65.8 cm³/mol. The third-order valence-electron chi connectivity index (χ3n) is 2.76. The Labute approximate surface area is 103 Å². The van der Waals surface area contributed by atoms with Crippen molar-refractivity contribution in [3.63, 3.8) is 0 Å². The van der Waals surface area contributed by atoms with Crippen LogP contribution in [0.4, 0.5) is 11.4 Å². The summed E-state index contributed by atoms with van der Waals surface area (Å²) < 4.78 is 0. The summed E-state index contributed by atoms with van der Waals surface area (Å²) in [4.78, 5) is 15.7. The maximum atomic E-state index is 10.7. The van der Waals surface area contributed by atoms with Crippen molar-refractivity contribution in [3.8, 4) is 0 Å². The third-order valence-corrected chi connectivity index (χ3v) is 2.76. The molecule has 90 valence electrons. The van der Waals surface area contributed by atoms with E-state index in [0.717, 1.165) is 5.56 Å². The average molecular weight is 242 g/mol. The number of hydrogen-bond donors (Lipinski definition) is 0. The second-order valence-corrected chi connectivity index (χ2v) is 3.97. The lowest BCUT2D eigenvalue weighted by Crippen LogP contribution is -1.95. The number of nitro groups is 1. The summed E-state index contributed by atoms with van der Waals surface area (Å²) in [5.41, 5.74) is 1.79. The minimum Gasteiger partial charge on any atom is -0.258 e. The van der Waals surface area contributed by atoms with Crippen LogP contribution >= 0.6 is 0 Å². The highest BCUT2D eigenvalue weighted by atomic mass is 16.8. The maximum Gasteiger partial charge on any atom is 0.271 e. The number of nitrogens with zero attached hydrogens (tertiary/aromatic N) is 2. The monoisotopic (exact) mass is 242 g/mol. The van der Waals surface area contributed by atoms with Crippen molar-refractivity contribution in [1.29, 1.82) is 0 Å². The summed E-state index contributed by atoms with van der Waals surface area (Å²) in [6, 6.07) is 16.1. The van der Waals surface area contributed by atoms with Gasteiger partial charge >= 0.3 is 0 Å². The molecule has 1 atom stereocenters. The summed E-state index contributed by atoms with van der Waals surface area (Å²) in [7, 11) is 0. The lowest BCUT2D eigenvalue weighted by molar-refractivity contribution is -0.384. The lowest BCUT2D eigenvalue weighted by atomic mass is 10.2. The van der Waals surface area contributed by atoms with Crippen LogP contribution in [-0.4, -0.2) is 4.92 Å². The molecule has 0 bridgehead atoms. The van der Waals surface area contributed by atoms with Crippen LogP contribution in [0.1, 0.15) is 11.8 Å². The van der Waals surface area contributed by atoms with Gasteiger partial charge in [0.05, 0.1) is 10.6 Å². The standard InChI is InChI=1S/C13H10N2O3/c16-15(17)12-8-4-7-11(9-12)14-13(18-14)10-5-2-1-3-6-10/h1-9,13H. The Hall–Kier alpha value is -2.40. The van der Waals surface area contributed by atoms with Gasteiger partial charge in [-0.3, -0.25) is 10.1 Å². The van der Waals surface area contributed by atoms with Crippen molar-refractivity contribution >= 4 is 11.4 Å². The van der Waals surface area contributed by atoms with E-state index < -0.39 is 4.92 Å². The van der Waals surface area contributed by atoms with Gasteiger partial charge in [0.1, 0.15) is 0 Å². The van der Waals surface area contributed by atoms with Gasteiger partial charge < -0.3 is 0 Å². The van der Waals surface area contributed by atoms with Crippen LogP contribution in [0, 0.1) is 10.1 Å². The first-order chi connectivity index (χ1) is 8.75. The number of rotatable bonds is 3. The molecule has 1 aliphatic heterocycles. The Morgan fingerprint density at radius 2 is 1.89 bits per heavy atom. The Kier molecular flexibility index (Phi) is 2.46. The Balaban J connectivity index is 1.82. The highest BCUT2D eigenvalue weighted by Crippen LogP contribution is 2.42. The zero-order chi connectivity index (χ0) is 12.5. The van der Waals surface area contributed by atoms with Gasteiger partial charge in [-0.1, -0.05) is 36.4 Å². The molecular weight excluding hydrogens is 232 g/mol. The second kappa shape index (κ2) is 4.12. The van der Waals surface area contributed by atoms with E-state index in [1.165, 1.54) is 12.1 Å². The number of hydroxylamine groups is 1. The van der Waals surface area contributed by atoms with Crippen molar-refractivity contribution in [1.82, 2.24) is 0 Å². The first-order valence-electron chi connectivity index (χ1n) is 5.51. The highest BCUT2D eigenvalue weighted by Gasteiger charge is 2.38. The Morgan fingerprint density at radius 1 is 1.11 bits per heavy atom. The zero-order valence-corrected chi connectivity index (χ0v) is 9.39. The quantitative estimate of drug-likeness (QED) is 0.471. The Bertz CT molecular complexity index is 586. The van der Waals surface area contributed by atoms with Gasteiger partial charge in [-0.15, -0.1) is 0 Å². The summed E-state index contributed by atoms with van der Waals surface area (Å²) in [5, 5.41) is 12.3. The smallest absolute Gasteiger partial charge is 0.258 e. The maximum absolute atomic E-state index is 10.7. The van der Waals surface area contributed by atoms with Gasteiger partial charge in [0.2, 0.25) is 6.23 Å². The summed E-state index contributed by atoms with van der Waals surface area (Å²) in [5.74, 6) is 0. The van der Waals surface area contributed by atoms with Crippen LogP contribution < -0.4 is 5.06 Å². The van der Waals surface area contributed by atoms with Crippen LogP contribution in [0.3, 0.4) is 0 Å². The molecule has 2 aromatic carbocycles. The SMILES string of the molecule is O=[N+]([O-])c1cccc(N2OC2c2ccccc2)c1. The molecule has 1 heterocycles. The molecule has 1 saturated heterocycles. The van der Waals surface area contributed by atoms with E-state index in [1.807, 2.05) is 30.3 Å². The minimum atomic E-state index is -0.412. The molecule has 0 amide bonds. The number of non-ortho nitro benzene ring substituents is 1. The third kappa shape index (κ3) is 1.91. The molecule has 3 rings (SSSR count). The van der Waals surface area contributed by atoms with Crippen LogP contribution in [-0.2, 0) is 4.84 Å². The molecule has 1 aliphatic rings. The van der Waals surface area contributed by atoms with Crippen LogP contribution in [0.5, 0.6) is 0 Å². The van der Waals surface area contributed by atoms with Crippen LogP contribution in [0.15, 0.2) is 54.6 Å². The number of benzene rings is 2. The fourth-order valence-corrected chi connectivity index (χ4v) is 1.83. The average Bonchev–Trinajstić information content (AvgIpc) is 3.20. The second-order valence-electron chi connectivity index (χ2n) is 3.97. The molecule has 0 N–H and O–H groups in total. The van der Waals surface area contributed by atoms with Gasteiger partial charge in [0.15, 0.2) is 0 Å². The molecule has 0 aromatic heterocycles. The molecule has 0 saturated carbocycles. The fraction of sp³-hybridized carbons (Fsp3) is 0.0769. The molecule has 0 spiro atoms. The number of hydrogen-bond acceptors (Lipinski definition) is 4. The van der Waals surface area contributed by atoms with Crippen molar-refractivity contribution in [2.75, 3.05) is 5.06 Å². The normalized spacial score (nSPS) is 17.6. The van der Waals surface area contributed by atoms with E-state index in [1.54, 1.807) is 17.2 Å².